The molecular weight excluding hydrogens is 313 g/mol. The quantitative estimate of drug-likeness (QED) is 0.642. The second-order valence-electron chi connectivity index (χ2n) is 6.94. The summed E-state index contributed by atoms with van der Waals surface area (Å²) in [4.78, 5) is 14.5. The van der Waals surface area contributed by atoms with Crippen LogP contribution in [-0.2, 0) is 0 Å². The third kappa shape index (κ3) is 6.23. The lowest BCUT2D eigenvalue weighted by molar-refractivity contribution is 0.0938. The summed E-state index contributed by atoms with van der Waals surface area (Å²) in [5.41, 5.74) is 1.14. The van der Waals surface area contributed by atoms with Crippen molar-refractivity contribution >= 4 is 18.2 Å². The van der Waals surface area contributed by atoms with Crippen molar-refractivity contribution in [3.05, 3.63) is 35.6 Å². The Balaban J connectivity index is 0.00000264. The summed E-state index contributed by atoms with van der Waals surface area (Å²) in [5, 5.41) is 0. The largest absolute Gasteiger partial charge is 0.303 e. The summed E-state index contributed by atoms with van der Waals surface area (Å²) < 4.78 is 12.8. The molecule has 1 aliphatic heterocycles. The van der Waals surface area contributed by atoms with E-state index in [1.165, 1.54) is 37.8 Å². The van der Waals surface area contributed by atoms with E-state index in [-0.39, 0.29) is 24.0 Å². The van der Waals surface area contributed by atoms with Gasteiger partial charge in [-0.3, -0.25) is 4.79 Å². The van der Waals surface area contributed by atoms with E-state index in [4.69, 9.17) is 0 Å². The van der Waals surface area contributed by atoms with Gasteiger partial charge in [0.25, 0.3) is 0 Å². The Morgan fingerprint density at radius 3 is 2.39 bits per heavy atom. The molecule has 0 radical (unpaired) electrons. The molecule has 1 heterocycles. The number of carbonyl (C=O) groups is 1. The van der Waals surface area contributed by atoms with Gasteiger partial charge in [-0.15, -0.1) is 12.4 Å². The van der Waals surface area contributed by atoms with Gasteiger partial charge in [-0.25, -0.2) is 4.39 Å². The van der Waals surface area contributed by atoms with Crippen LogP contribution in [0.15, 0.2) is 24.3 Å². The van der Waals surface area contributed by atoms with Gasteiger partial charge in [-0.1, -0.05) is 20.3 Å². The highest BCUT2D eigenvalue weighted by Gasteiger charge is 2.28. The van der Waals surface area contributed by atoms with Gasteiger partial charge in [0.1, 0.15) is 5.82 Å². The molecule has 0 amide bonds. The first-order chi connectivity index (χ1) is 10.5. The third-order valence-electron chi connectivity index (χ3n) is 4.96. The lowest BCUT2D eigenvalue weighted by Crippen LogP contribution is -2.39. The maximum atomic E-state index is 12.8. The second kappa shape index (κ2) is 9.39. The van der Waals surface area contributed by atoms with Crippen LogP contribution in [-0.4, -0.2) is 30.3 Å². The summed E-state index contributed by atoms with van der Waals surface area (Å²) in [7, 11) is 0. The summed E-state index contributed by atoms with van der Waals surface area (Å²) in [6, 6.07) is 5.86. The van der Waals surface area contributed by atoms with Crippen LogP contribution in [0, 0.1) is 11.2 Å². The van der Waals surface area contributed by atoms with E-state index in [9.17, 15) is 9.18 Å². The van der Waals surface area contributed by atoms with E-state index >= 15 is 0 Å². The molecule has 0 atom stereocenters. The van der Waals surface area contributed by atoms with Gasteiger partial charge in [-0.2, -0.15) is 0 Å². The number of rotatable bonds is 7. The maximum absolute atomic E-state index is 12.8. The van der Waals surface area contributed by atoms with Crippen LogP contribution in [0.5, 0.6) is 0 Å². The van der Waals surface area contributed by atoms with Gasteiger partial charge < -0.3 is 4.90 Å². The first-order valence-electron chi connectivity index (χ1n) is 8.53. The molecule has 1 aliphatic rings. The van der Waals surface area contributed by atoms with Crippen molar-refractivity contribution in [2.24, 2.45) is 5.41 Å². The number of ketones is 1. The second-order valence-corrected chi connectivity index (χ2v) is 6.94. The topological polar surface area (TPSA) is 20.3 Å². The number of Topliss-reactive ketones (excluding diaryl/α,β-unsaturated/α-hetero) is 1. The molecule has 1 aromatic carbocycles. The SMILES string of the molecule is CCCC1(C)CCN(CCCC(=O)c2ccc(F)cc2)CC1.Cl. The van der Waals surface area contributed by atoms with Crippen molar-refractivity contribution in [2.45, 2.75) is 52.4 Å². The molecule has 0 spiro atoms. The number of likely N-dealkylation sites (tertiary alicyclic amines) is 1. The molecule has 23 heavy (non-hydrogen) atoms. The zero-order valence-electron chi connectivity index (χ0n) is 14.3. The minimum absolute atomic E-state index is 0. The van der Waals surface area contributed by atoms with Crippen LogP contribution in [0.2, 0.25) is 0 Å². The number of piperidine rings is 1. The summed E-state index contributed by atoms with van der Waals surface area (Å²) in [5.74, 6) is -0.173. The van der Waals surface area contributed by atoms with E-state index in [2.05, 4.69) is 18.7 Å². The number of hydrogen-bond donors (Lipinski definition) is 0. The molecule has 0 saturated carbocycles. The fourth-order valence-electron chi connectivity index (χ4n) is 3.41. The first-order valence-corrected chi connectivity index (χ1v) is 8.53. The lowest BCUT2D eigenvalue weighted by Gasteiger charge is -2.39. The Morgan fingerprint density at radius 2 is 1.83 bits per heavy atom. The molecule has 0 aromatic heterocycles. The molecule has 0 aliphatic carbocycles. The fourth-order valence-corrected chi connectivity index (χ4v) is 3.41. The number of hydrogen-bond acceptors (Lipinski definition) is 2. The van der Waals surface area contributed by atoms with Crippen molar-refractivity contribution in [1.82, 2.24) is 4.90 Å². The van der Waals surface area contributed by atoms with Crippen molar-refractivity contribution < 1.29 is 9.18 Å². The average Bonchev–Trinajstić information content (AvgIpc) is 2.50. The summed E-state index contributed by atoms with van der Waals surface area (Å²) in [6.07, 6.45) is 6.57. The fraction of sp³-hybridized carbons (Fsp3) is 0.632. The standard InChI is InChI=1S/C19H28FNO.ClH/c1-3-10-19(2)11-14-21(15-12-19)13-4-5-18(22)16-6-8-17(20)9-7-16;/h6-9H,3-5,10-15H2,1-2H3;1H. The molecule has 1 aromatic rings. The zero-order valence-corrected chi connectivity index (χ0v) is 15.1. The van der Waals surface area contributed by atoms with Gasteiger partial charge in [0.15, 0.2) is 5.78 Å². The van der Waals surface area contributed by atoms with Crippen LogP contribution in [0.25, 0.3) is 0 Å². The van der Waals surface area contributed by atoms with Crippen molar-refractivity contribution in [1.29, 1.82) is 0 Å². The van der Waals surface area contributed by atoms with E-state index in [0.29, 0.717) is 17.4 Å². The van der Waals surface area contributed by atoms with Crippen LogP contribution >= 0.6 is 12.4 Å². The first kappa shape index (κ1) is 20.1. The van der Waals surface area contributed by atoms with E-state index in [0.717, 1.165) is 26.1 Å². The highest BCUT2D eigenvalue weighted by atomic mass is 35.5. The van der Waals surface area contributed by atoms with Crippen LogP contribution in [0.4, 0.5) is 4.39 Å². The lowest BCUT2D eigenvalue weighted by atomic mass is 9.77. The minimum Gasteiger partial charge on any atom is -0.303 e. The molecular formula is C19H29ClFNO. The molecule has 130 valence electrons. The number of halogens is 2. The van der Waals surface area contributed by atoms with Gasteiger partial charge in [0, 0.05) is 12.0 Å². The number of benzene rings is 1. The van der Waals surface area contributed by atoms with Gasteiger partial charge >= 0.3 is 0 Å². The normalized spacial score (nSPS) is 17.5. The summed E-state index contributed by atoms with van der Waals surface area (Å²) >= 11 is 0. The summed E-state index contributed by atoms with van der Waals surface area (Å²) in [6.45, 7) is 7.97. The van der Waals surface area contributed by atoms with E-state index < -0.39 is 0 Å². The molecule has 0 unspecified atom stereocenters. The molecule has 2 rings (SSSR count). The Bertz CT molecular complexity index is 481. The van der Waals surface area contributed by atoms with Crippen molar-refractivity contribution in [3.63, 3.8) is 0 Å². The predicted octanol–water partition coefficient (Wildman–Crippen LogP) is 5.11. The average molecular weight is 342 g/mol. The minimum atomic E-state index is -0.292. The van der Waals surface area contributed by atoms with E-state index in [1.54, 1.807) is 12.1 Å². The smallest absolute Gasteiger partial charge is 0.162 e. The molecule has 1 fully saturated rings. The Hall–Kier alpha value is -0.930. The molecule has 0 bridgehead atoms. The Kier molecular flexibility index (Phi) is 8.21. The predicted molar refractivity (Wildman–Crippen MR) is 95.9 cm³/mol. The van der Waals surface area contributed by atoms with Crippen LogP contribution in [0.3, 0.4) is 0 Å². The zero-order chi connectivity index (χ0) is 16.0. The van der Waals surface area contributed by atoms with Crippen molar-refractivity contribution in [2.75, 3.05) is 19.6 Å². The van der Waals surface area contributed by atoms with Gasteiger partial charge in [0.2, 0.25) is 0 Å². The molecule has 4 heteroatoms. The maximum Gasteiger partial charge on any atom is 0.162 e. The van der Waals surface area contributed by atoms with Crippen LogP contribution in [0.1, 0.15) is 62.7 Å². The number of carbonyl (C=O) groups excluding carboxylic acids is 1. The third-order valence-corrected chi connectivity index (χ3v) is 4.96. The number of nitrogens with zero attached hydrogens (tertiary/aromatic N) is 1. The van der Waals surface area contributed by atoms with Gasteiger partial charge in [-0.05, 0) is 75.0 Å². The highest BCUT2D eigenvalue weighted by Crippen LogP contribution is 2.35. The van der Waals surface area contributed by atoms with Crippen LogP contribution < -0.4 is 0 Å². The monoisotopic (exact) mass is 341 g/mol. The van der Waals surface area contributed by atoms with Crippen molar-refractivity contribution in [3.8, 4) is 0 Å². The van der Waals surface area contributed by atoms with Gasteiger partial charge in [0.05, 0.1) is 0 Å². The molecule has 0 N–H and O–H groups in total. The molecule has 2 nitrogen and oxygen atoms in total. The Morgan fingerprint density at radius 1 is 1.22 bits per heavy atom. The Labute approximate surface area is 145 Å². The highest BCUT2D eigenvalue weighted by molar-refractivity contribution is 5.95. The van der Waals surface area contributed by atoms with E-state index in [1.807, 2.05) is 0 Å². The molecule has 1 saturated heterocycles.